The molecule has 9 nitrogen and oxygen atoms in total. The minimum absolute atomic E-state index is 0.0402. The normalized spacial score (nSPS) is 35.5. The van der Waals surface area contributed by atoms with Gasteiger partial charge in [0.2, 0.25) is 17.7 Å². The van der Waals surface area contributed by atoms with Crippen LogP contribution in [0, 0.1) is 11.8 Å². The van der Waals surface area contributed by atoms with Crippen LogP contribution in [0.3, 0.4) is 0 Å². The molecule has 4 fully saturated rings. The van der Waals surface area contributed by atoms with E-state index in [4.69, 9.17) is 4.74 Å². The van der Waals surface area contributed by atoms with E-state index in [0.29, 0.717) is 32.7 Å². The highest BCUT2D eigenvalue weighted by atomic mass is 32.2. The Morgan fingerprint density at radius 2 is 2.03 bits per heavy atom. The van der Waals surface area contributed by atoms with Gasteiger partial charge in [-0.05, 0) is 19.3 Å². The van der Waals surface area contributed by atoms with E-state index >= 15 is 0 Å². The molecule has 30 heavy (non-hydrogen) atoms. The van der Waals surface area contributed by atoms with E-state index in [0.717, 1.165) is 32.5 Å². The molecule has 5 atom stereocenters. The van der Waals surface area contributed by atoms with Gasteiger partial charge in [0.05, 0.1) is 29.8 Å². The Morgan fingerprint density at radius 1 is 1.27 bits per heavy atom. The monoisotopic (exact) mass is 440 g/mol. The van der Waals surface area contributed by atoms with E-state index in [1.165, 1.54) is 0 Å². The molecule has 0 aliphatic carbocycles. The number of likely N-dealkylation sites (tertiary alicyclic amines) is 1. The first-order valence-corrected chi connectivity index (χ1v) is 11.8. The summed E-state index contributed by atoms with van der Waals surface area (Å²) in [7, 11) is 1.60. The van der Waals surface area contributed by atoms with Crippen LogP contribution in [0.4, 0.5) is 0 Å². The quantitative estimate of drug-likeness (QED) is 0.428. The minimum Gasteiger partial charge on any atom is -0.396 e. The number of aliphatic hydroxyl groups excluding tert-OH is 1. The fraction of sp³-hybridized carbons (Fsp3) is 0.850. The maximum absolute atomic E-state index is 13.4. The molecule has 0 aromatic carbocycles. The molecule has 0 saturated carbocycles. The molecule has 0 aromatic heterocycles. The van der Waals surface area contributed by atoms with Gasteiger partial charge in [0.25, 0.3) is 0 Å². The number of carbonyl (C=O) groups excluding carboxylic acids is 3. The van der Waals surface area contributed by atoms with Gasteiger partial charge in [-0.1, -0.05) is 0 Å². The van der Waals surface area contributed by atoms with Crippen LogP contribution in [-0.2, 0) is 19.1 Å². The number of ether oxygens (including phenoxy) is 1. The van der Waals surface area contributed by atoms with Gasteiger partial charge in [-0.25, -0.2) is 0 Å². The number of amides is 3. The topological polar surface area (TPSA) is 111 Å². The molecule has 0 aromatic rings. The number of fused-ring (bicyclic) bond motifs is 1. The Balaban J connectivity index is 1.51. The Hall–Kier alpha value is -1.36. The lowest BCUT2D eigenvalue weighted by Crippen LogP contribution is -2.54. The Bertz CT molecular complexity index is 688. The fourth-order valence-corrected chi connectivity index (χ4v) is 7.88. The van der Waals surface area contributed by atoms with Crippen molar-refractivity contribution in [3.05, 3.63) is 0 Å². The number of aliphatic hydroxyl groups is 1. The van der Waals surface area contributed by atoms with Crippen LogP contribution in [0.5, 0.6) is 0 Å². The highest BCUT2D eigenvalue weighted by molar-refractivity contribution is 8.02. The molecular formula is C20H32N4O5S. The molecule has 4 aliphatic heterocycles. The van der Waals surface area contributed by atoms with Gasteiger partial charge in [0, 0.05) is 51.6 Å². The summed E-state index contributed by atoms with van der Waals surface area (Å²) >= 11 is 1.67. The second-order valence-electron chi connectivity index (χ2n) is 8.52. The van der Waals surface area contributed by atoms with Gasteiger partial charge < -0.3 is 25.4 Å². The standard InChI is InChI=1S/C20H32N4O5S/c1-21-17(26)14-13-3-4-20(30-13)15(14)19(28)24(6-2-10-25)16(20)18(27)22-5-7-23-8-11-29-12-9-23/h13-16,25H,2-12H2,1H3,(H,21,26)(H,22,27)/t13-,14+,15+,16?,20?/m1/s1. The average Bonchev–Trinajstić information content (AvgIpc) is 3.39. The molecule has 168 valence electrons. The van der Waals surface area contributed by atoms with Crippen LogP contribution in [0.15, 0.2) is 0 Å². The van der Waals surface area contributed by atoms with Crippen LogP contribution >= 0.6 is 11.8 Å². The Morgan fingerprint density at radius 3 is 2.73 bits per heavy atom. The summed E-state index contributed by atoms with van der Waals surface area (Å²) in [6.07, 6.45) is 2.03. The molecular weight excluding hydrogens is 408 g/mol. The average molecular weight is 441 g/mol. The van der Waals surface area contributed by atoms with Crippen LogP contribution in [0.1, 0.15) is 19.3 Å². The van der Waals surface area contributed by atoms with E-state index in [9.17, 15) is 19.5 Å². The van der Waals surface area contributed by atoms with Crippen molar-refractivity contribution in [3.8, 4) is 0 Å². The van der Waals surface area contributed by atoms with Crippen molar-refractivity contribution in [3.63, 3.8) is 0 Å². The summed E-state index contributed by atoms with van der Waals surface area (Å²) in [5.41, 5.74) is 0. The first-order valence-electron chi connectivity index (χ1n) is 10.9. The minimum atomic E-state index is -0.587. The van der Waals surface area contributed by atoms with Gasteiger partial charge in [-0.15, -0.1) is 11.8 Å². The summed E-state index contributed by atoms with van der Waals surface area (Å²) in [6.45, 7) is 4.70. The van der Waals surface area contributed by atoms with Crippen molar-refractivity contribution in [1.82, 2.24) is 20.4 Å². The molecule has 4 heterocycles. The number of morpholine rings is 1. The summed E-state index contributed by atoms with van der Waals surface area (Å²) in [5, 5.41) is 15.2. The zero-order valence-corrected chi connectivity index (χ0v) is 18.3. The van der Waals surface area contributed by atoms with Crippen LogP contribution in [-0.4, -0.2) is 108 Å². The lowest BCUT2D eigenvalue weighted by atomic mass is 9.71. The van der Waals surface area contributed by atoms with Crippen LogP contribution in [0.2, 0.25) is 0 Å². The van der Waals surface area contributed by atoms with Gasteiger partial charge in [0.1, 0.15) is 6.04 Å². The highest BCUT2D eigenvalue weighted by Crippen LogP contribution is 2.66. The maximum atomic E-state index is 13.4. The van der Waals surface area contributed by atoms with Crippen molar-refractivity contribution in [2.24, 2.45) is 11.8 Å². The van der Waals surface area contributed by atoms with E-state index in [-0.39, 0.29) is 35.5 Å². The Labute approximate surface area is 181 Å². The third-order valence-corrected chi connectivity index (χ3v) is 8.94. The van der Waals surface area contributed by atoms with Crippen molar-refractivity contribution >= 4 is 29.5 Å². The fourth-order valence-electron chi connectivity index (χ4n) is 5.66. The Kier molecular flexibility index (Phi) is 6.57. The van der Waals surface area contributed by atoms with Crippen LogP contribution in [0.25, 0.3) is 0 Å². The summed E-state index contributed by atoms with van der Waals surface area (Å²) in [6, 6.07) is -0.587. The van der Waals surface area contributed by atoms with Crippen molar-refractivity contribution < 1.29 is 24.2 Å². The number of thioether (sulfide) groups is 1. The lowest BCUT2D eigenvalue weighted by molar-refractivity contribution is -0.140. The molecule has 4 rings (SSSR count). The molecule has 0 radical (unpaired) electrons. The second kappa shape index (κ2) is 9.02. The first-order chi connectivity index (χ1) is 14.5. The predicted octanol–water partition coefficient (Wildman–Crippen LogP) is -1.35. The lowest BCUT2D eigenvalue weighted by Gasteiger charge is -2.34. The predicted molar refractivity (Wildman–Crippen MR) is 112 cm³/mol. The largest absolute Gasteiger partial charge is 0.396 e. The SMILES string of the molecule is CNC(=O)[C@@H]1[C@H]2C(=O)N(CCCO)C(C(=O)NCCN3CCOCC3)C23CC[C@H]1S3. The smallest absolute Gasteiger partial charge is 0.244 e. The molecule has 3 N–H and O–H groups in total. The van der Waals surface area contributed by atoms with E-state index in [1.54, 1.807) is 23.7 Å². The van der Waals surface area contributed by atoms with E-state index < -0.39 is 16.7 Å². The molecule has 1 spiro atoms. The molecule has 2 unspecified atom stereocenters. The highest BCUT2D eigenvalue weighted by Gasteiger charge is 2.73. The maximum Gasteiger partial charge on any atom is 0.244 e. The second-order valence-corrected chi connectivity index (χ2v) is 10.1. The van der Waals surface area contributed by atoms with E-state index in [1.807, 2.05) is 0 Å². The van der Waals surface area contributed by atoms with Gasteiger partial charge >= 0.3 is 0 Å². The third kappa shape index (κ3) is 3.61. The number of carbonyl (C=O) groups is 3. The zero-order valence-electron chi connectivity index (χ0n) is 17.5. The van der Waals surface area contributed by atoms with E-state index in [2.05, 4.69) is 15.5 Å². The zero-order chi connectivity index (χ0) is 21.3. The van der Waals surface area contributed by atoms with Gasteiger partial charge in [-0.2, -0.15) is 0 Å². The van der Waals surface area contributed by atoms with Gasteiger partial charge in [-0.3, -0.25) is 19.3 Å². The number of rotatable bonds is 8. The summed E-state index contributed by atoms with van der Waals surface area (Å²) in [5.74, 6) is -1.20. The van der Waals surface area contributed by atoms with Crippen molar-refractivity contribution in [2.45, 2.75) is 35.3 Å². The number of nitrogens with one attached hydrogen (secondary N) is 2. The number of hydrogen-bond acceptors (Lipinski definition) is 7. The number of hydrogen-bond donors (Lipinski definition) is 3. The molecule has 4 saturated heterocycles. The van der Waals surface area contributed by atoms with Crippen LogP contribution < -0.4 is 10.6 Å². The molecule has 3 amide bonds. The summed E-state index contributed by atoms with van der Waals surface area (Å²) in [4.78, 5) is 43.2. The molecule has 4 aliphatic rings. The molecule has 10 heteroatoms. The first kappa shape index (κ1) is 21.9. The van der Waals surface area contributed by atoms with Gasteiger partial charge in [0.15, 0.2) is 0 Å². The third-order valence-electron chi connectivity index (χ3n) is 6.99. The summed E-state index contributed by atoms with van der Waals surface area (Å²) < 4.78 is 4.82. The van der Waals surface area contributed by atoms with Crippen molar-refractivity contribution in [2.75, 3.05) is 59.6 Å². The van der Waals surface area contributed by atoms with Crippen molar-refractivity contribution in [1.29, 1.82) is 0 Å². The molecule has 2 bridgehead atoms. The number of nitrogens with zero attached hydrogens (tertiary/aromatic N) is 2.